The third-order valence-electron chi connectivity index (χ3n) is 2.56. The summed E-state index contributed by atoms with van der Waals surface area (Å²) in [6.07, 6.45) is 5.34. The Balaban J connectivity index is 0. The van der Waals surface area contributed by atoms with Gasteiger partial charge < -0.3 is 14.8 Å². The van der Waals surface area contributed by atoms with E-state index in [4.69, 9.17) is 14.8 Å². The zero-order valence-electron chi connectivity index (χ0n) is 9.13. The van der Waals surface area contributed by atoms with E-state index in [1.54, 1.807) is 0 Å². The van der Waals surface area contributed by atoms with Crippen LogP contribution < -0.4 is 0 Å². The molecule has 0 amide bonds. The van der Waals surface area contributed by atoms with Gasteiger partial charge in [0.05, 0.1) is 12.5 Å². The van der Waals surface area contributed by atoms with Gasteiger partial charge in [-0.25, -0.2) is 0 Å². The zero-order chi connectivity index (χ0) is 10.4. The lowest BCUT2D eigenvalue weighted by atomic mass is 9.87. The molecular weight excluding hydrogens is 254 g/mol. The van der Waals surface area contributed by atoms with Gasteiger partial charge in [0.15, 0.2) is 0 Å². The van der Waals surface area contributed by atoms with Crippen molar-refractivity contribution in [2.45, 2.75) is 38.4 Å². The molecule has 0 bridgehead atoms. The van der Waals surface area contributed by atoms with Gasteiger partial charge >= 0.3 is 13.1 Å². The molecule has 1 aliphatic rings. The summed E-state index contributed by atoms with van der Waals surface area (Å²) in [7, 11) is -1.38. The Morgan fingerprint density at radius 3 is 2.25 bits per heavy atom. The molecule has 0 atom stereocenters. The van der Waals surface area contributed by atoms with Gasteiger partial charge in [-0.1, -0.05) is 19.3 Å². The second-order valence-electron chi connectivity index (χ2n) is 3.77. The lowest BCUT2D eigenvalue weighted by molar-refractivity contribution is -0.149. The zero-order valence-corrected chi connectivity index (χ0v) is 10.8. The summed E-state index contributed by atoms with van der Waals surface area (Å²) in [5.41, 5.74) is 0. The van der Waals surface area contributed by atoms with Crippen LogP contribution in [0.3, 0.4) is 0 Å². The maximum absolute atomic E-state index is 11.4. The van der Waals surface area contributed by atoms with Gasteiger partial charge in [-0.3, -0.25) is 4.79 Å². The molecule has 0 aromatic carbocycles. The van der Waals surface area contributed by atoms with Crippen LogP contribution in [0.25, 0.3) is 0 Å². The van der Waals surface area contributed by atoms with Crippen LogP contribution in [-0.2, 0) is 9.53 Å². The molecule has 0 spiro atoms. The van der Waals surface area contributed by atoms with Crippen molar-refractivity contribution in [3.8, 4) is 0 Å². The van der Waals surface area contributed by atoms with Gasteiger partial charge in [-0.2, -0.15) is 0 Å². The summed E-state index contributed by atoms with van der Waals surface area (Å²) >= 11 is 0. The van der Waals surface area contributed by atoms with Crippen molar-refractivity contribution in [3.05, 3.63) is 0 Å². The number of ether oxygens (including phenoxy) is 1. The average molecular weight is 273 g/mol. The molecular formula is C9H19BCl2O4. The first-order valence-electron chi connectivity index (χ1n) is 5.23. The molecule has 96 valence electrons. The third kappa shape index (κ3) is 7.33. The first kappa shape index (κ1) is 18.4. The predicted octanol–water partition coefficient (Wildman–Crippen LogP) is 1.43. The van der Waals surface area contributed by atoms with Crippen LogP contribution in [0.5, 0.6) is 0 Å². The SMILES string of the molecule is Cl.Cl.O=C(OCCB(O)O)C1CCCCC1. The molecule has 7 heteroatoms. The lowest BCUT2D eigenvalue weighted by Gasteiger charge is -2.19. The average Bonchev–Trinajstić information content (AvgIpc) is 2.18. The molecule has 1 saturated carbocycles. The summed E-state index contributed by atoms with van der Waals surface area (Å²) in [4.78, 5) is 11.4. The van der Waals surface area contributed by atoms with Crippen LogP contribution in [0.1, 0.15) is 32.1 Å². The topological polar surface area (TPSA) is 66.8 Å². The maximum Gasteiger partial charge on any atom is 0.454 e. The largest absolute Gasteiger partial charge is 0.466 e. The number of rotatable bonds is 4. The van der Waals surface area contributed by atoms with Crippen molar-refractivity contribution in [2.24, 2.45) is 5.92 Å². The molecule has 0 aliphatic heterocycles. The van der Waals surface area contributed by atoms with Crippen molar-refractivity contribution < 1.29 is 19.6 Å². The standard InChI is InChI=1S/C9H17BO4.2ClH/c11-9(14-7-6-10(12)13)8-4-2-1-3-5-8;;/h8,12-13H,1-7H2;2*1H. The Morgan fingerprint density at radius 2 is 1.75 bits per heavy atom. The Hall–Kier alpha value is 0.0349. The monoisotopic (exact) mass is 272 g/mol. The Labute approximate surface area is 109 Å². The second-order valence-corrected chi connectivity index (χ2v) is 3.77. The van der Waals surface area contributed by atoms with E-state index in [0.717, 1.165) is 25.7 Å². The first-order chi connectivity index (χ1) is 6.70. The van der Waals surface area contributed by atoms with Crippen LogP contribution in [-0.4, -0.2) is 29.7 Å². The van der Waals surface area contributed by atoms with Crippen molar-refractivity contribution in [2.75, 3.05) is 6.61 Å². The van der Waals surface area contributed by atoms with Crippen LogP contribution in [0.15, 0.2) is 0 Å². The lowest BCUT2D eigenvalue weighted by Crippen LogP contribution is -2.22. The smallest absolute Gasteiger partial charge is 0.454 e. The molecule has 0 unspecified atom stereocenters. The summed E-state index contributed by atoms with van der Waals surface area (Å²) < 4.78 is 4.93. The fourth-order valence-corrected chi connectivity index (χ4v) is 1.72. The highest BCUT2D eigenvalue weighted by molar-refractivity contribution is 6.41. The van der Waals surface area contributed by atoms with E-state index in [1.807, 2.05) is 0 Å². The van der Waals surface area contributed by atoms with Gasteiger partial charge in [-0.15, -0.1) is 24.8 Å². The summed E-state index contributed by atoms with van der Waals surface area (Å²) in [5.74, 6) is -0.134. The summed E-state index contributed by atoms with van der Waals surface area (Å²) in [6.45, 7) is 0.104. The van der Waals surface area contributed by atoms with E-state index in [0.29, 0.717) is 0 Å². The van der Waals surface area contributed by atoms with Crippen molar-refractivity contribution in [3.63, 3.8) is 0 Å². The van der Waals surface area contributed by atoms with Crippen LogP contribution in [0.2, 0.25) is 6.32 Å². The van der Waals surface area contributed by atoms with Gasteiger partial charge in [0.2, 0.25) is 0 Å². The third-order valence-corrected chi connectivity index (χ3v) is 2.56. The molecule has 1 aliphatic carbocycles. The molecule has 0 radical (unpaired) electrons. The number of carbonyl (C=O) groups excluding carboxylic acids is 1. The van der Waals surface area contributed by atoms with E-state index in [-0.39, 0.29) is 49.6 Å². The normalized spacial score (nSPS) is 15.6. The quantitative estimate of drug-likeness (QED) is 0.600. The fourth-order valence-electron chi connectivity index (χ4n) is 1.72. The Kier molecular flexibility index (Phi) is 11.7. The van der Waals surface area contributed by atoms with E-state index in [2.05, 4.69) is 0 Å². The fraction of sp³-hybridized carbons (Fsp3) is 0.889. The van der Waals surface area contributed by atoms with Crippen molar-refractivity contribution in [1.29, 1.82) is 0 Å². The van der Waals surface area contributed by atoms with Crippen molar-refractivity contribution in [1.82, 2.24) is 0 Å². The second kappa shape index (κ2) is 10.2. The van der Waals surface area contributed by atoms with Crippen LogP contribution in [0, 0.1) is 5.92 Å². The minimum atomic E-state index is -1.38. The molecule has 0 heterocycles. The Bertz CT molecular complexity index is 186. The van der Waals surface area contributed by atoms with Gasteiger partial charge in [0, 0.05) is 6.32 Å². The first-order valence-corrected chi connectivity index (χ1v) is 5.23. The molecule has 2 N–H and O–H groups in total. The molecule has 4 nitrogen and oxygen atoms in total. The summed E-state index contributed by atoms with van der Waals surface area (Å²) in [6, 6.07) is 0. The minimum absolute atomic E-state index is 0. The van der Waals surface area contributed by atoms with Crippen LogP contribution >= 0.6 is 24.8 Å². The summed E-state index contributed by atoms with van der Waals surface area (Å²) in [5, 5.41) is 17.1. The van der Waals surface area contributed by atoms with Gasteiger partial charge in [0.1, 0.15) is 0 Å². The molecule has 0 saturated heterocycles. The number of carbonyl (C=O) groups is 1. The van der Waals surface area contributed by atoms with Gasteiger partial charge in [0.25, 0.3) is 0 Å². The number of hydrogen-bond donors (Lipinski definition) is 2. The highest BCUT2D eigenvalue weighted by atomic mass is 35.5. The number of esters is 1. The highest BCUT2D eigenvalue weighted by Crippen LogP contribution is 2.24. The predicted molar refractivity (Wildman–Crippen MR) is 67.0 cm³/mol. The van der Waals surface area contributed by atoms with E-state index >= 15 is 0 Å². The number of halogens is 2. The Morgan fingerprint density at radius 1 is 1.19 bits per heavy atom. The minimum Gasteiger partial charge on any atom is -0.466 e. The highest BCUT2D eigenvalue weighted by Gasteiger charge is 2.22. The van der Waals surface area contributed by atoms with E-state index < -0.39 is 7.12 Å². The molecule has 1 rings (SSSR count). The molecule has 0 aromatic rings. The van der Waals surface area contributed by atoms with Crippen molar-refractivity contribution >= 4 is 37.9 Å². The molecule has 0 aromatic heterocycles. The molecule has 1 fully saturated rings. The van der Waals surface area contributed by atoms with E-state index in [1.165, 1.54) is 6.42 Å². The van der Waals surface area contributed by atoms with Gasteiger partial charge in [-0.05, 0) is 12.8 Å². The maximum atomic E-state index is 11.4. The number of hydrogen-bond acceptors (Lipinski definition) is 4. The molecule has 16 heavy (non-hydrogen) atoms. The van der Waals surface area contributed by atoms with Crippen LogP contribution in [0.4, 0.5) is 0 Å². The van der Waals surface area contributed by atoms with E-state index in [9.17, 15) is 4.79 Å².